The van der Waals surface area contributed by atoms with Crippen LogP contribution in [0.25, 0.3) is 0 Å². The molecule has 0 spiro atoms. The summed E-state index contributed by atoms with van der Waals surface area (Å²) >= 11 is 0.910. The van der Waals surface area contributed by atoms with Crippen LogP contribution in [0, 0.1) is 0 Å². The third-order valence-corrected chi connectivity index (χ3v) is 2.76. The van der Waals surface area contributed by atoms with Crippen LogP contribution >= 0.6 is 11.8 Å². The molecule has 1 heterocycles. The number of alkyl halides is 3. The van der Waals surface area contributed by atoms with E-state index in [-0.39, 0.29) is 22.6 Å². The zero-order valence-corrected chi connectivity index (χ0v) is 10.4. The number of carbonyl (C=O) groups excluding carboxylic acids is 1. The highest BCUT2D eigenvalue weighted by Gasteiger charge is 2.33. The minimum atomic E-state index is -4.54. The van der Waals surface area contributed by atoms with E-state index in [9.17, 15) is 18.0 Å². The number of nitrogens with zero attached hydrogens (tertiary/aromatic N) is 2. The summed E-state index contributed by atoms with van der Waals surface area (Å²) in [7, 11) is 2.87. The highest BCUT2D eigenvalue weighted by Crippen LogP contribution is 2.30. The van der Waals surface area contributed by atoms with Crippen molar-refractivity contribution in [2.75, 3.05) is 25.2 Å². The number of anilines is 1. The number of halogens is 3. The van der Waals surface area contributed by atoms with E-state index < -0.39 is 11.9 Å². The van der Waals surface area contributed by atoms with Crippen LogP contribution in [-0.2, 0) is 11.0 Å². The Morgan fingerprint density at radius 2 is 2.06 bits per heavy atom. The lowest BCUT2D eigenvalue weighted by atomic mass is 10.4. The molecule has 0 aliphatic rings. The maximum Gasteiger partial charge on any atom is 0.433 e. The third-order valence-electron chi connectivity index (χ3n) is 1.85. The first-order chi connectivity index (χ1) is 8.36. The summed E-state index contributed by atoms with van der Waals surface area (Å²) in [5.74, 6) is -0.434. The van der Waals surface area contributed by atoms with Crippen molar-refractivity contribution in [1.29, 1.82) is 0 Å². The standard InChI is InChI=1S/C9H11F3N4OS/c1-13-6(17)4-18-7-3-5(9(10,11)12)15-8(14-2)16-7/h3H,4H2,1-2H3,(H,13,17)(H,14,15,16). The zero-order chi connectivity index (χ0) is 13.8. The smallest absolute Gasteiger partial charge is 0.358 e. The molecule has 0 fully saturated rings. The van der Waals surface area contributed by atoms with Gasteiger partial charge in [-0.15, -0.1) is 0 Å². The van der Waals surface area contributed by atoms with E-state index in [0.717, 1.165) is 17.8 Å². The van der Waals surface area contributed by atoms with Crippen LogP contribution in [0.3, 0.4) is 0 Å². The molecule has 0 unspecified atom stereocenters. The maximum atomic E-state index is 12.5. The molecule has 2 N–H and O–H groups in total. The summed E-state index contributed by atoms with van der Waals surface area (Å²) in [4.78, 5) is 18.1. The zero-order valence-electron chi connectivity index (χ0n) is 9.63. The first-order valence-electron chi connectivity index (χ1n) is 4.84. The Morgan fingerprint density at radius 1 is 1.39 bits per heavy atom. The van der Waals surface area contributed by atoms with Crippen molar-refractivity contribution in [3.05, 3.63) is 11.8 Å². The maximum absolute atomic E-state index is 12.5. The van der Waals surface area contributed by atoms with Gasteiger partial charge in [-0.25, -0.2) is 9.97 Å². The number of aromatic nitrogens is 2. The summed E-state index contributed by atoms with van der Waals surface area (Å²) in [5.41, 5.74) is -1.04. The fourth-order valence-corrected chi connectivity index (χ4v) is 1.74. The number of amides is 1. The van der Waals surface area contributed by atoms with Crippen LogP contribution in [0.5, 0.6) is 0 Å². The number of rotatable bonds is 4. The molecule has 1 rings (SSSR count). The van der Waals surface area contributed by atoms with Crippen molar-refractivity contribution in [1.82, 2.24) is 15.3 Å². The number of thioether (sulfide) groups is 1. The molecule has 1 aromatic heterocycles. The van der Waals surface area contributed by atoms with Crippen LogP contribution in [0.4, 0.5) is 19.1 Å². The molecule has 1 aromatic rings. The van der Waals surface area contributed by atoms with E-state index in [0.29, 0.717) is 0 Å². The highest BCUT2D eigenvalue weighted by atomic mass is 32.2. The molecule has 0 aromatic carbocycles. The van der Waals surface area contributed by atoms with Crippen LogP contribution in [-0.4, -0.2) is 35.7 Å². The molecule has 0 bridgehead atoms. The van der Waals surface area contributed by atoms with Crippen molar-refractivity contribution in [3.8, 4) is 0 Å². The van der Waals surface area contributed by atoms with Gasteiger partial charge in [0.05, 0.1) is 5.75 Å². The SMILES string of the molecule is CNC(=O)CSc1cc(C(F)(F)F)nc(NC)n1. The summed E-state index contributed by atoms with van der Waals surface area (Å²) < 4.78 is 37.6. The summed E-state index contributed by atoms with van der Waals surface area (Å²) in [6.45, 7) is 0. The van der Waals surface area contributed by atoms with E-state index in [4.69, 9.17) is 0 Å². The monoisotopic (exact) mass is 280 g/mol. The Bertz CT molecular complexity index is 438. The van der Waals surface area contributed by atoms with Crippen LogP contribution < -0.4 is 10.6 Å². The predicted octanol–water partition coefficient (Wildman–Crippen LogP) is 1.38. The normalized spacial score (nSPS) is 11.2. The van der Waals surface area contributed by atoms with Crippen LogP contribution in [0.2, 0.25) is 0 Å². The Labute approximate surface area is 106 Å². The molecule has 0 aliphatic heterocycles. The fourth-order valence-electron chi connectivity index (χ4n) is 0.968. The summed E-state index contributed by atoms with van der Waals surface area (Å²) in [5, 5.41) is 4.90. The van der Waals surface area contributed by atoms with Gasteiger partial charge in [-0.05, 0) is 0 Å². The average Bonchev–Trinajstić information content (AvgIpc) is 2.34. The lowest BCUT2D eigenvalue weighted by Crippen LogP contribution is -2.20. The van der Waals surface area contributed by atoms with Crippen molar-refractivity contribution in [3.63, 3.8) is 0 Å². The molecule has 5 nitrogen and oxygen atoms in total. The van der Waals surface area contributed by atoms with Crippen molar-refractivity contribution in [2.45, 2.75) is 11.2 Å². The molecule has 0 radical (unpaired) electrons. The molecule has 1 amide bonds. The number of hydrogen-bond acceptors (Lipinski definition) is 5. The average molecular weight is 280 g/mol. The van der Waals surface area contributed by atoms with E-state index in [2.05, 4.69) is 20.6 Å². The Kier molecular flexibility index (Phi) is 4.76. The van der Waals surface area contributed by atoms with E-state index in [1.54, 1.807) is 0 Å². The topological polar surface area (TPSA) is 66.9 Å². The largest absolute Gasteiger partial charge is 0.433 e. The Morgan fingerprint density at radius 3 is 2.56 bits per heavy atom. The number of hydrogen-bond donors (Lipinski definition) is 2. The quantitative estimate of drug-likeness (QED) is 0.644. The van der Waals surface area contributed by atoms with Crippen LogP contribution in [0.15, 0.2) is 11.1 Å². The molecule has 100 valence electrons. The number of nitrogens with one attached hydrogen (secondary N) is 2. The molecule has 9 heteroatoms. The minimum absolute atomic E-state index is 0.00599. The fraction of sp³-hybridized carbons (Fsp3) is 0.444. The van der Waals surface area contributed by atoms with Crippen molar-refractivity contribution in [2.24, 2.45) is 0 Å². The highest BCUT2D eigenvalue weighted by molar-refractivity contribution is 7.99. The molecule has 0 atom stereocenters. The van der Waals surface area contributed by atoms with Gasteiger partial charge in [0.25, 0.3) is 0 Å². The second kappa shape index (κ2) is 5.89. The van der Waals surface area contributed by atoms with Crippen molar-refractivity contribution >= 4 is 23.6 Å². The molecule has 18 heavy (non-hydrogen) atoms. The summed E-state index contributed by atoms with van der Waals surface area (Å²) in [6, 6.07) is 0.814. The lowest BCUT2D eigenvalue weighted by Gasteiger charge is -2.09. The van der Waals surface area contributed by atoms with Crippen molar-refractivity contribution < 1.29 is 18.0 Å². The first kappa shape index (κ1) is 14.6. The van der Waals surface area contributed by atoms with E-state index in [1.807, 2.05) is 0 Å². The van der Waals surface area contributed by atoms with Gasteiger partial charge >= 0.3 is 6.18 Å². The third kappa shape index (κ3) is 4.06. The Hall–Kier alpha value is -1.51. The van der Waals surface area contributed by atoms with Gasteiger partial charge in [0.1, 0.15) is 5.03 Å². The van der Waals surface area contributed by atoms with Gasteiger partial charge in [-0.2, -0.15) is 13.2 Å². The van der Waals surface area contributed by atoms with Crippen LogP contribution in [0.1, 0.15) is 5.69 Å². The predicted molar refractivity (Wildman–Crippen MR) is 61.4 cm³/mol. The molecular weight excluding hydrogens is 269 g/mol. The second-order valence-corrected chi connectivity index (χ2v) is 4.12. The van der Waals surface area contributed by atoms with Gasteiger partial charge in [0.15, 0.2) is 5.69 Å². The molecule has 0 aliphatic carbocycles. The van der Waals surface area contributed by atoms with Gasteiger partial charge < -0.3 is 10.6 Å². The second-order valence-electron chi connectivity index (χ2n) is 3.12. The van der Waals surface area contributed by atoms with E-state index >= 15 is 0 Å². The van der Waals surface area contributed by atoms with Gasteiger partial charge in [-0.3, -0.25) is 4.79 Å². The molecule has 0 saturated carbocycles. The van der Waals surface area contributed by atoms with Gasteiger partial charge in [0.2, 0.25) is 11.9 Å². The van der Waals surface area contributed by atoms with Gasteiger partial charge in [-0.1, -0.05) is 11.8 Å². The first-order valence-corrected chi connectivity index (χ1v) is 5.82. The minimum Gasteiger partial charge on any atom is -0.358 e. The molecule has 0 saturated heterocycles. The summed E-state index contributed by atoms with van der Waals surface area (Å²) in [6.07, 6.45) is -4.54. The number of carbonyl (C=O) groups is 1. The molecular formula is C9H11F3N4OS. The van der Waals surface area contributed by atoms with Gasteiger partial charge in [0, 0.05) is 20.2 Å². The Balaban J connectivity index is 2.94. The lowest BCUT2D eigenvalue weighted by molar-refractivity contribution is -0.141. The van der Waals surface area contributed by atoms with E-state index in [1.165, 1.54) is 14.1 Å².